The topological polar surface area (TPSA) is 68.1 Å². The molecule has 0 saturated carbocycles. The number of aryl methyl sites for hydroxylation is 1. The third kappa shape index (κ3) is 1.91. The summed E-state index contributed by atoms with van der Waals surface area (Å²) in [6.45, 7) is 1.83. The van der Waals surface area contributed by atoms with Crippen molar-refractivity contribution >= 4 is 11.7 Å². The van der Waals surface area contributed by atoms with Gasteiger partial charge in [0.1, 0.15) is 0 Å². The molecule has 4 nitrogen and oxygen atoms in total. The lowest BCUT2D eigenvalue weighted by Crippen LogP contribution is -2.09. The van der Waals surface area contributed by atoms with Gasteiger partial charge in [-0.15, -0.1) is 0 Å². The first kappa shape index (κ1) is 10.3. The van der Waals surface area contributed by atoms with Gasteiger partial charge >= 0.3 is 5.97 Å². The monoisotopic (exact) mass is 216 g/mol. The van der Waals surface area contributed by atoms with Crippen LogP contribution in [0, 0.1) is 6.92 Å². The van der Waals surface area contributed by atoms with Crippen molar-refractivity contribution in [3.63, 3.8) is 0 Å². The van der Waals surface area contributed by atoms with Gasteiger partial charge in [-0.05, 0) is 24.6 Å². The Morgan fingerprint density at radius 2 is 2.06 bits per heavy atom. The van der Waals surface area contributed by atoms with Crippen LogP contribution >= 0.6 is 0 Å². The molecule has 2 rings (SSSR count). The first-order valence-electron chi connectivity index (χ1n) is 4.88. The quantitative estimate of drug-likeness (QED) is 0.459. The number of hydrogen-bond donors (Lipinski definition) is 2. The lowest BCUT2D eigenvalue weighted by atomic mass is 10.2. The van der Waals surface area contributed by atoms with E-state index in [9.17, 15) is 4.79 Å². The molecule has 0 spiro atoms. The van der Waals surface area contributed by atoms with Crippen LogP contribution in [0.1, 0.15) is 15.9 Å². The number of para-hydroxylation sites is 2. The van der Waals surface area contributed by atoms with E-state index in [4.69, 9.17) is 10.5 Å². The van der Waals surface area contributed by atoms with E-state index in [-0.39, 0.29) is 0 Å². The number of hydrogen-bond acceptors (Lipinski definition) is 3. The fraction of sp³-hybridized carbons (Fsp3) is 0.0833. The maximum absolute atomic E-state index is 11.8. The maximum Gasteiger partial charge on any atom is 0.345 e. The Kier molecular flexibility index (Phi) is 2.64. The molecule has 1 aromatic carbocycles. The Labute approximate surface area is 93.0 Å². The predicted molar refractivity (Wildman–Crippen MR) is 61.3 cm³/mol. The van der Waals surface area contributed by atoms with Gasteiger partial charge in [0.2, 0.25) is 0 Å². The molecule has 0 aliphatic rings. The van der Waals surface area contributed by atoms with E-state index in [1.54, 1.807) is 36.7 Å². The van der Waals surface area contributed by atoms with Crippen molar-refractivity contribution in [2.24, 2.45) is 0 Å². The first-order chi connectivity index (χ1) is 7.68. The third-order valence-corrected chi connectivity index (χ3v) is 2.29. The molecular formula is C12H12N2O2. The highest BCUT2D eigenvalue weighted by molar-refractivity contribution is 5.92. The van der Waals surface area contributed by atoms with E-state index in [1.807, 2.05) is 6.92 Å². The van der Waals surface area contributed by atoms with Crippen molar-refractivity contribution in [2.45, 2.75) is 6.92 Å². The molecule has 0 fully saturated rings. The zero-order chi connectivity index (χ0) is 11.5. The summed E-state index contributed by atoms with van der Waals surface area (Å²) in [6.07, 6.45) is 3.35. The number of benzene rings is 1. The van der Waals surface area contributed by atoms with Gasteiger partial charge in [-0.3, -0.25) is 0 Å². The fourth-order valence-electron chi connectivity index (χ4n) is 1.39. The second-order valence-electron chi connectivity index (χ2n) is 3.48. The minimum absolute atomic E-state index is 0.383. The van der Waals surface area contributed by atoms with Crippen molar-refractivity contribution < 1.29 is 9.53 Å². The van der Waals surface area contributed by atoms with E-state index in [0.29, 0.717) is 17.0 Å². The van der Waals surface area contributed by atoms with Crippen LogP contribution in [0.2, 0.25) is 0 Å². The SMILES string of the molecule is Cc1c[nH]cc1C(=O)Oc1ccccc1N. The van der Waals surface area contributed by atoms with E-state index < -0.39 is 5.97 Å². The van der Waals surface area contributed by atoms with Gasteiger partial charge in [0.05, 0.1) is 11.3 Å². The number of carbonyl (C=O) groups excluding carboxylic acids is 1. The van der Waals surface area contributed by atoms with Crippen LogP contribution in [-0.2, 0) is 0 Å². The average molecular weight is 216 g/mol. The number of aromatic nitrogens is 1. The van der Waals surface area contributed by atoms with Gasteiger partial charge in [0, 0.05) is 12.4 Å². The Balaban J connectivity index is 2.21. The summed E-state index contributed by atoms with van der Waals surface area (Å²) in [4.78, 5) is 14.6. The molecule has 0 saturated heterocycles. The molecule has 16 heavy (non-hydrogen) atoms. The predicted octanol–water partition coefficient (Wildman–Crippen LogP) is 2.12. The van der Waals surface area contributed by atoms with E-state index in [0.717, 1.165) is 5.56 Å². The highest BCUT2D eigenvalue weighted by atomic mass is 16.5. The number of anilines is 1. The molecule has 0 aliphatic heterocycles. The molecule has 82 valence electrons. The summed E-state index contributed by atoms with van der Waals surface area (Å²) in [7, 11) is 0. The van der Waals surface area contributed by atoms with Crippen molar-refractivity contribution in [3.05, 3.63) is 47.8 Å². The summed E-state index contributed by atoms with van der Waals surface area (Å²) < 4.78 is 5.19. The Morgan fingerprint density at radius 3 is 2.69 bits per heavy atom. The summed E-state index contributed by atoms with van der Waals surface area (Å²) in [6, 6.07) is 6.90. The summed E-state index contributed by atoms with van der Waals surface area (Å²) in [5, 5.41) is 0. The second-order valence-corrected chi connectivity index (χ2v) is 3.48. The summed E-state index contributed by atoms with van der Waals surface area (Å²) >= 11 is 0. The lowest BCUT2D eigenvalue weighted by molar-refractivity contribution is 0.0735. The number of nitrogens with one attached hydrogen (secondary N) is 1. The summed E-state index contributed by atoms with van der Waals surface area (Å²) in [5.41, 5.74) is 7.49. The average Bonchev–Trinajstić information content (AvgIpc) is 2.68. The van der Waals surface area contributed by atoms with Gasteiger partial charge in [-0.25, -0.2) is 4.79 Å². The smallest absolute Gasteiger partial charge is 0.345 e. The third-order valence-electron chi connectivity index (χ3n) is 2.29. The molecule has 4 heteroatoms. The highest BCUT2D eigenvalue weighted by Gasteiger charge is 2.13. The van der Waals surface area contributed by atoms with Crippen LogP contribution in [-0.4, -0.2) is 11.0 Å². The number of nitrogen functional groups attached to an aromatic ring is 1. The molecule has 0 atom stereocenters. The number of aromatic amines is 1. The molecule has 0 aliphatic carbocycles. The second kappa shape index (κ2) is 4.10. The van der Waals surface area contributed by atoms with E-state index >= 15 is 0 Å². The number of nitrogens with two attached hydrogens (primary N) is 1. The Hall–Kier alpha value is -2.23. The van der Waals surface area contributed by atoms with Crippen molar-refractivity contribution in [1.29, 1.82) is 0 Å². The number of carbonyl (C=O) groups is 1. The minimum atomic E-state index is -0.406. The zero-order valence-electron chi connectivity index (χ0n) is 8.86. The highest BCUT2D eigenvalue weighted by Crippen LogP contribution is 2.21. The van der Waals surface area contributed by atoms with Gasteiger partial charge < -0.3 is 15.5 Å². The number of rotatable bonds is 2. The van der Waals surface area contributed by atoms with Gasteiger partial charge in [-0.1, -0.05) is 12.1 Å². The molecule has 3 N–H and O–H groups in total. The molecule has 1 aromatic heterocycles. The van der Waals surface area contributed by atoms with E-state index in [1.165, 1.54) is 0 Å². The van der Waals surface area contributed by atoms with E-state index in [2.05, 4.69) is 4.98 Å². The van der Waals surface area contributed by atoms with Crippen molar-refractivity contribution in [2.75, 3.05) is 5.73 Å². The van der Waals surface area contributed by atoms with Gasteiger partial charge in [0.25, 0.3) is 0 Å². The standard InChI is InChI=1S/C12H12N2O2/c1-8-6-14-7-9(8)12(15)16-11-5-3-2-4-10(11)13/h2-7,14H,13H2,1H3. The normalized spacial score (nSPS) is 10.1. The zero-order valence-corrected chi connectivity index (χ0v) is 8.86. The van der Waals surface area contributed by atoms with Crippen LogP contribution in [0.15, 0.2) is 36.7 Å². The molecule has 2 aromatic rings. The number of esters is 1. The van der Waals surface area contributed by atoms with Crippen molar-refractivity contribution in [1.82, 2.24) is 4.98 Å². The largest absolute Gasteiger partial charge is 0.421 e. The molecule has 0 bridgehead atoms. The molecular weight excluding hydrogens is 204 g/mol. The van der Waals surface area contributed by atoms with Crippen LogP contribution in [0.25, 0.3) is 0 Å². The van der Waals surface area contributed by atoms with Crippen LogP contribution in [0.4, 0.5) is 5.69 Å². The Morgan fingerprint density at radius 1 is 1.31 bits per heavy atom. The molecule has 1 heterocycles. The minimum Gasteiger partial charge on any atom is -0.421 e. The van der Waals surface area contributed by atoms with Crippen LogP contribution < -0.4 is 10.5 Å². The van der Waals surface area contributed by atoms with Gasteiger partial charge in [-0.2, -0.15) is 0 Å². The maximum atomic E-state index is 11.8. The summed E-state index contributed by atoms with van der Waals surface area (Å²) in [5.74, 6) is -0.0234. The van der Waals surface area contributed by atoms with Gasteiger partial charge in [0.15, 0.2) is 5.75 Å². The number of H-pyrrole nitrogens is 1. The first-order valence-corrected chi connectivity index (χ1v) is 4.88. The lowest BCUT2D eigenvalue weighted by Gasteiger charge is -2.05. The van der Waals surface area contributed by atoms with Crippen LogP contribution in [0.3, 0.4) is 0 Å². The Bertz CT molecular complexity index is 517. The molecule has 0 radical (unpaired) electrons. The number of ether oxygens (including phenoxy) is 1. The molecule has 0 unspecified atom stereocenters. The fourth-order valence-corrected chi connectivity index (χ4v) is 1.39. The molecule has 0 amide bonds. The van der Waals surface area contributed by atoms with Crippen molar-refractivity contribution in [3.8, 4) is 5.75 Å². The van der Waals surface area contributed by atoms with Crippen LogP contribution in [0.5, 0.6) is 5.75 Å².